The molecule has 1 saturated carbocycles. The van der Waals surface area contributed by atoms with Crippen LogP contribution in [0.15, 0.2) is 48.5 Å². The number of ether oxygens (including phenoxy) is 1. The fourth-order valence-corrected chi connectivity index (χ4v) is 5.63. The number of hydrogen-bond acceptors (Lipinski definition) is 3. The molecular weight excluding hydrogens is 412 g/mol. The lowest BCUT2D eigenvalue weighted by molar-refractivity contribution is -0.144. The zero-order valence-corrected chi connectivity index (χ0v) is 19.9. The largest absolute Gasteiger partial charge is 0.381 e. The third-order valence-corrected chi connectivity index (χ3v) is 7.59. The van der Waals surface area contributed by atoms with Gasteiger partial charge in [-0.2, -0.15) is 0 Å². The van der Waals surface area contributed by atoms with Crippen LogP contribution in [-0.4, -0.2) is 43.0 Å². The molecule has 0 bridgehead atoms. The number of aryl methyl sites for hydroxylation is 1. The van der Waals surface area contributed by atoms with E-state index in [4.69, 9.17) is 10.5 Å². The van der Waals surface area contributed by atoms with Gasteiger partial charge in [0.1, 0.15) is 0 Å². The van der Waals surface area contributed by atoms with Crippen molar-refractivity contribution in [2.45, 2.75) is 58.0 Å². The van der Waals surface area contributed by atoms with Gasteiger partial charge in [-0.05, 0) is 68.6 Å². The highest BCUT2D eigenvalue weighted by atomic mass is 16.5. The number of methoxy groups -OCH3 is 1. The van der Waals surface area contributed by atoms with E-state index < -0.39 is 5.41 Å². The van der Waals surface area contributed by atoms with Gasteiger partial charge in [-0.3, -0.25) is 9.59 Å². The molecular formula is C28H36N2O3. The second-order valence-electron chi connectivity index (χ2n) is 9.96. The number of rotatable bonds is 6. The Bertz CT molecular complexity index is 996. The Labute approximate surface area is 197 Å². The van der Waals surface area contributed by atoms with Crippen LogP contribution in [-0.2, 0) is 20.7 Å². The molecule has 2 aliphatic rings. The van der Waals surface area contributed by atoms with E-state index >= 15 is 0 Å². The highest BCUT2D eigenvalue weighted by Gasteiger charge is 2.43. The van der Waals surface area contributed by atoms with Gasteiger partial charge in [0.25, 0.3) is 0 Å². The van der Waals surface area contributed by atoms with Crippen molar-refractivity contribution < 1.29 is 14.3 Å². The molecule has 1 atom stereocenters. The van der Waals surface area contributed by atoms with Crippen LogP contribution in [0.3, 0.4) is 0 Å². The standard InChI is InChI=1S/C28H36N2O3/c1-20-6-3-8-23(16-20)24-9-4-7-21(17-24)18-28(27(29)32)14-5-15-30(19-28)26(31)22-10-12-25(33-2)13-11-22/h3-4,6-9,16-17,22,25H,5,10-15,18-19H2,1-2H3,(H2,29,32). The highest BCUT2D eigenvalue weighted by Crippen LogP contribution is 2.36. The Kier molecular flexibility index (Phi) is 7.18. The summed E-state index contributed by atoms with van der Waals surface area (Å²) in [4.78, 5) is 28.0. The van der Waals surface area contributed by atoms with Crippen LogP contribution in [0.2, 0.25) is 0 Å². The Balaban J connectivity index is 1.51. The molecule has 0 radical (unpaired) electrons. The summed E-state index contributed by atoms with van der Waals surface area (Å²) < 4.78 is 5.46. The molecule has 1 saturated heterocycles. The summed E-state index contributed by atoms with van der Waals surface area (Å²) in [5.74, 6) is -0.0860. The van der Waals surface area contributed by atoms with Crippen molar-refractivity contribution in [3.63, 3.8) is 0 Å². The van der Waals surface area contributed by atoms with Crippen LogP contribution < -0.4 is 5.73 Å². The number of benzene rings is 2. The zero-order valence-electron chi connectivity index (χ0n) is 19.9. The van der Waals surface area contributed by atoms with E-state index in [0.29, 0.717) is 19.5 Å². The van der Waals surface area contributed by atoms with Gasteiger partial charge in [0, 0.05) is 26.1 Å². The highest BCUT2D eigenvalue weighted by molar-refractivity contribution is 5.84. The monoisotopic (exact) mass is 448 g/mol. The molecule has 33 heavy (non-hydrogen) atoms. The van der Waals surface area contributed by atoms with Gasteiger partial charge in [0.05, 0.1) is 11.5 Å². The lowest BCUT2D eigenvalue weighted by Gasteiger charge is -2.42. The predicted octanol–water partition coefficient (Wildman–Crippen LogP) is 4.50. The van der Waals surface area contributed by atoms with Crippen LogP contribution >= 0.6 is 0 Å². The lowest BCUT2D eigenvalue weighted by Crippen LogP contribution is -2.54. The van der Waals surface area contributed by atoms with Crippen molar-refractivity contribution in [2.24, 2.45) is 17.1 Å². The Morgan fingerprint density at radius 2 is 1.76 bits per heavy atom. The lowest BCUT2D eigenvalue weighted by atomic mass is 9.73. The maximum absolute atomic E-state index is 13.3. The van der Waals surface area contributed by atoms with Crippen molar-refractivity contribution in [1.29, 1.82) is 0 Å². The molecule has 2 N–H and O–H groups in total. The van der Waals surface area contributed by atoms with Gasteiger partial charge in [0.2, 0.25) is 11.8 Å². The minimum atomic E-state index is -0.719. The molecule has 2 aromatic carbocycles. The van der Waals surface area contributed by atoms with Crippen LogP contribution in [0, 0.1) is 18.3 Å². The summed E-state index contributed by atoms with van der Waals surface area (Å²) in [6, 6.07) is 16.8. The number of nitrogens with zero attached hydrogens (tertiary/aromatic N) is 1. The topological polar surface area (TPSA) is 72.6 Å². The maximum atomic E-state index is 13.3. The van der Waals surface area contributed by atoms with Crippen LogP contribution in [0.4, 0.5) is 0 Å². The van der Waals surface area contributed by atoms with E-state index in [0.717, 1.165) is 55.2 Å². The Morgan fingerprint density at radius 1 is 1.06 bits per heavy atom. The van der Waals surface area contributed by atoms with E-state index in [1.807, 2.05) is 11.0 Å². The molecule has 5 heteroatoms. The molecule has 1 heterocycles. The van der Waals surface area contributed by atoms with Crippen molar-refractivity contribution in [1.82, 2.24) is 4.90 Å². The van der Waals surface area contributed by atoms with Crippen molar-refractivity contribution in [2.75, 3.05) is 20.2 Å². The first-order valence-corrected chi connectivity index (χ1v) is 12.2. The summed E-state index contributed by atoms with van der Waals surface area (Å²) in [6.45, 7) is 3.21. The fourth-order valence-electron chi connectivity index (χ4n) is 5.63. The quantitative estimate of drug-likeness (QED) is 0.707. The van der Waals surface area contributed by atoms with Crippen LogP contribution in [0.1, 0.15) is 49.7 Å². The van der Waals surface area contributed by atoms with E-state index in [2.05, 4.69) is 49.4 Å². The number of carbonyl (C=O) groups is 2. The molecule has 0 spiro atoms. The summed E-state index contributed by atoms with van der Waals surface area (Å²) in [5.41, 5.74) is 9.88. The van der Waals surface area contributed by atoms with E-state index in [1.54, 1.807) is 7.11 Å². The summed E-state index contributed by atoms with van der Waals surface area (Å²) >= 11 is 0. The average molecular weight is 449 g/mol. The first-order chi connectivity index (χ1) is 15.9. The SMILES string of the molecule is COC1CCC(C(=O)N2CCCC(Cc3cccc(-c4cccc(C)c4)c3)(C(N)=O)C2)CC1. The first kappa shape index (κ1) is 23.5. The molecule has 1 aliphatic carbocycles. The minimum Gasteiger partial charge on any atom is -0.381 e. The number of hydrogen-bond donors (Lipinski definition) is 1. The number of piperidine rings is 1. The van der Waals surface area contributed by atoms with Crippen molar-refractivity contribution in [3.8, 4) is 11.1 Å². The third kappa shape index (κ3) is 5.30. The number of carbonyl (C=O) groups excluding carboxylic acids is 2. The second-order valence-corrected chi connectivity index (χ2v) is 9.96. The van der Waals surface area contributed by atoms with Crippen LogP contribution in [0.5, 0.6) is 0 Å². The summed E-state index contributed by atoms with van der Waals surface area (Å²) in [5, 5.41) is 0. The molecule has 2 aromatic rings. The smallest absolute Gasteiger partial charge is 0.225 e. The molecule has 2 amide bonds. The Hall–Kier alpha value is -2.66. The molecule has 1 unspecified atom stereocenters. The molecule has 2 fully saturated rings. The summed E-state index contributed by atoms with van der Waals surface area (Å²) in [7, 11) is 1.74. The van der Waals surface area contributed by atoms with Gasteiger partial charge in [0.15, 0.2) is 0 Å². The van der Waals surface area contributed by atoms with E-state index in [-0.39, 0.29) is 23.8 Å². The first-order valence-electron chi connectivity index (χ1n) is 12.2. The van der Waals surface area contributed by atoms with Gasteiger partial charge >= 0.3 is 0 Å². The van der Waals surface area contributed by atoms with Gasteiger partial charge in [-0.15, -0.1) is 0 Å². The van der Waals surface area contributed by atoms with Gasteiger partial charge in [-0.25, -0.2) is 0 Å². The number of amides is 2. The fraction of sp³-hybridized carbons (Fsp3) is 0.500. The van der Waals surface area contributed by atoms with Crippen molar-refractivity contribution in [3.05, 3.63) is 59.7 Å². The number of nitrogens with two attached hydrogens (primary N) is 1. The summed E-state index contributed by atoms with van der Waals surface area (Å²) in [6.07, 6.45) is 5.91. The molecule has 0 aromatic heterocycles. The molecule has 1 aliphatic heterocycles. The van der Waals surface area contributed by atoms with Crippen LogP contribution in [0.25, 0.3) is 11.1 Å². The van der Waals surface area contributed by atoms with E-state index in [1.165, 1.54) is 5.56 Å². The molecule has 4 rings (SSSR count). The van der Waals surface area contributed by atoms with Gasteiger partial charge in [-0.1, -0.05) is 54.1 Å². The number of likely N-dealkylation sites (tertiary alicyclic amines) is 1. The minimum absolute atomic E-state index is 0.0322. The normalized spacial score (nSPS) is 25.6. The molecule has 5 nitrogen and oxygen atoms in total. The predicted molar refractivity (Wildman–Crippen MR) is 131 cm³/mol. The average Bonchev–Trinajstić information content (AvgIpc) is 2.84. The second kappa shape index (κ2) is 10.1. The maximum Gasteiger partial charge on any atom is 0.225 e. The molecule has 176 valence electrons. The Morgan fingerprint density at radius 3 is 2.42 bits per heavy atom. The third-order valence-electron chi connectivity index (χ3n) is 7.59. The number of primary amides is 1. The zero-order chi connectivity index (χ0) is 23.4. The van der Waals surface area contributed by atoms with Crippen molar-refractivity contribution >= 4 is 11.8 Å². The van der Waals surface area contributed by atoms with Gasteiger partial charge < -0.3 is 15.4 Å². The van der Waals surface area contributed by atoms with E-state index in [9.17, 15) is 9.59 Å².